The summed E-state index contributed by atoms with van der Waals surface area (Å²) in [5.41, 5.74) is 0.161. The zero-order valence-electron chi connectivity index (χ0n) is 7.71. The van der Waals surface area contributed by atoms with Crippen LogP contribution in [0, 0.1) is 5.82 Å². The van der Waals surface area contributed by atoms with Gasteiger partial charge in [0.05, 0.1) is 7.11 Å². The topological polar surface area (TPSA) is 39.4 Å². The molecule has 0 N–H and O–H groups in total. The molecule has 1 aromatic heterocycles. The average Bonchev–Trinajstić information content (AvgIpc) is 2.60. The molecule has 0 saturated heterocycles. The largest absolute Gasteiger partial charge is 0.465 e. The first-order valence-electron chi connectivity index (χ1n) is 4.08. The highest BCUT2D eigenvalue weighted by atomic mass is 35.5. The molecule has 2 rings (SSSR count). The van der Waals surface area contributed by atoms with Gasteiger partial charge < -0.3 is 9.15 Å². The predicted octanol–water partition coefficient (Wildman–Crippen LogP) is 3.01. The van der Waals surface area contributed by atoms with Gasteiger partial charge in [-0.1, -0.05) is 11.6 Å². The van der Waals surface area contributed by atoms with Crippen molar-refractivity contribution < 1.29 is 18.3 Å². The van der Waals surface area contributed by atoms with Gasteiger partial charge >= 0.3 is 5.97 Å². The number of carbonyl (C=O) groups excluding carboxylic acids is 1. The number of methoxy groups -OCH3 is 1. The number of furan rings is 1. The first-order valence-corrected chi connectivity index (χ1v) is 4.46. The number of fused-ring (bicyclic) bond motifs is 1. The van der Waals surface area contributed by atoms with E-state index in [2.05, 4.69) is 4.74 Å². The number of benzene rings is 1. The van der Waals surface area contributed by atoms with Crippen LogP contribution in [-0.4, -0.2) is 13.1 Å². The Hall–Kier alpha value is -1.55. The highest BCUT2D eigenvalue weighted by Gasteiger charge is 2.17. The zero-order chi connectivity index (χ0) is 11.0. The Balaban J connectivity index is 2.74. The minimum absolute atomic E-state index is 0.000185. The van der Waals surface area contributed by atoms with Crippen molar-refractivity contribution in [2.75, 3.05) is 7.11 Å². The molecule has 0 spiro atoms. The van der Waals surface area contributed by atoms with Crippen molar-refractivity contribution in [1.82, 2.24) is 0 Å². The van der Waals surface area contributed by atoms with E-state index in [9.17, 15) is 9.18 Å². The Labute approximate surface area is 89.4 Å². The summed E-state index contributed by atoms with van der Waals surface area (Å²) in [7, 11) is 1.24. The Bertz CT molecular complexity index is 533. The lowest BCUT2D eigenvalue weighted by molar-refractivity contribution is 0.0602. The summed E-state index contributed by atoms with van der Waals surface area (Å²) in [5, 5.41) is 0.512. The zero-order valence-corrected chi connectivity index (χ0v) is 8.47. The second-order valence-electron chi connectivity index (χ2n) is 2.91. The highest BCUT2D eigenvalue weighted by molar-refractivity contribution is 6.31. The molecule has 0 unspecified atom stereocenters. The van der Waals surface area contributed by atoms with Crippen LogP contribution in [0.1, 0.15) is 10.4 Å². The fraction of sp³-hybridized carbons (Fsp3) is 0.100. The SMILES string of the molecule is COC(=O)c1coc2c(F)cc(Cl)cc12. The standard InChI is InChI=1S/C10H6ClFO3/c1-14-10(13)7-4-15-9-6(7)2-5(11)3-8(9)12/h2-4H,1H3. The summed E-state index contributed by atoms with van der Waals surface area (Å²) in [4.78, 5) is 11.3. The van der Waals surface area contributed by atoms with Crippen LogP contribution in [0.15, 0.2) is 22.8 Å². The number of ether oxygens (including phenoxy) is 1. The monoisotopic (exact) mass is 228 g/mol. The maximum Gasteiger partial charge on any atom is 0.341 e. The molecule has 1 heterocycles. The van der Waals surface area contributed by atoms with Gasteiger partial charge in [-0.3, -0.25) is 0 Å². The second kappa shape index (κ2) is 3.55. The average molecular weight is 229 g/mol. The summed E-state index contributed by atoms with van der Waals surface area (Å²) in [5.74, 6) is -1.19. The minimum atomic E-state index is -0.604. The van der Waals surface area contributed by atoms with Crippen LogP contribution in [0.3, 0.4) is 0 Å². The fourth-order valence-corrected chi connectivity index (χ4v) is 1.53. The molecule has 2 aromatic rings. The van der Waals surface area contributed by atoms with E-state index < -0.39 is 11.8 Å². The third kappa shape index (κ3) is 1.57. The molecule has 0 amide bonds. The summed E-state index contributed by atoms with van der Waals surface area (Å²) in [6, 6.07) is 2.57. The number of rotatable bonds is 1. The predicted molar refractivity (Wildman–Crippen MR) is 52.5 cm³/mol. The van der Waals surface area contributed by atoms with Crippen LogP contribution in [0.5, 0.6) is 0 Å². The Kier molecular flexibility index (Phi) is 2.36. The van der Waals surface area contributed by atoms with Crippen molar-refractivity contribution in [3.05, 3.63) is 34.8 Å². The Morgan fingerprint density at radius 3 is 2.93 bits per heavy atom. The fourth-order valence-electron chi connectivity index (χ4n) is 1.33. The summed E-state index contributed by atoms with van der Waals surface area (Å²) in [6.07, 6.45) is 1.15. The molecule has 3 nitrogen and oxygen atoms in total. The molecule has 1 aromatic carbocycles. The molecule has 15 heavy (non-hydrogen) atoms. The number of hydrogen-bond acceptors (Lipinski definition) is 3. The lowest BCUT2D eigenvalue weighted by atomic mass is 10.2. The van der Waals surface area contributed by atoms with Crippen LogP contribution >= 0.6 is 11.6 Å². The molecule has 0 fully saturated rings. The van der Waals surface area contributed by atoms with Gasteiger partial charge in [-0.05, 0) is 12.1 Å². The molecule has 0 aliphatic carbocycles. The van der Waals surface area contributed by atoms with E-state index in [1.807, 2.05) is 0 Å². The van der Waals surface area contributed by atoms with E-state index in [0.717, 1.165) is 12.3 Å². The number of carbonyl (C=O) groups is 1. The molecule has 0 saturated carbocycles. The van der Waals surface area contributed by atoms with Gasteiger partial charge in [-0.25, -0.2) is 9.18 Å². The summed E-state index contributed by atoms with van der Waals surface area (Å²) >= 11 is 5.67. The molecular formula is C10H6ClFO3. The van der Waals surface area contributed by atoms with Gasteiger partial charge in [0.2, 0.25) is 0 Å². The van der Waals surface area contributed by atoms with Crippen LogP contribution < -0.4 is 0 Å². The molecule has 5 heteroatoms. The van der Waals surface area contributed by atoms with E-state index in [1.165, 1.54) is 13.2 Å². The van der Waals surface area contributed by atoms with Crippen molar-refractivity contribution in [1.29, 1.82) is 0 Å². The van der Waals surface area contributed by atoms with Gasteiger partial charge in [0.25, 0.3) is 0 Å². The van der Waals surface area contributed by atoms with E-state index in [-0.39, 0.29) is 16.2 Å². The summed E-state index contributed by atoms with van der Waals surface area (Å²) in [6.45, 7) is 0. The quantitative estimate of drug-likeness (QED) is 0.705. The molecular weight excluding hydrogens is 223 g/mol. The third-order valence-electron chi connectivity index (χ3n) is 2.00. The number of esters is 1. The third-order valence-corrected chi connectivity index (χ3v) is 2.22. The minimum Gasteiger partial charge on any atom is -0.465 e. The van der Waals surface area contributed by atoms with E-state index in [0.29, 0.717) is 5.39 Å². The number of hydrogen-bond donors (Lipinski definition) is 0. The molecule has 0 bridgehead atoms. The maximum absolute atomic E-state index is 13.3. The van der Waals surface area contributed by atoms with Crippen molar-refractivity contribution in [2.45, 2.75) is 0 Å². The van der Waals surface area contributed by atoms with Crippen LogP contribution in [-0.2, 0) is 4.74 Å². The van der Waals surface area contributed by atoms with Gasteiger partial charge in [-0.15, -0.1) is 0 Å². The smallest absolute Gasteiger partial charge is 0.341 e. The van der Waals surface area contributed by atoms with Crippen molar-refractivity contribution >= 4 is 28.5 Å². The van der Waals surface area contributed by atoms with E-state index >= 15 is 0 Å². The van der Waals surface area contributed by atoms with Crippen molar-refractivity contribution in [3.8, 4) is 0 Å². The molecule has 0 aliphatic heterocycles. The first-order chi connectivity index (χ1) is 7.13. The van der Waals surface area contributed by atoms with Crippen molar-refractivity contribution in [3.63, 3.8) is 0 Å². The van der Waals surface area contributed by atoms with Gasteiger partial charge in [0.15, 0.2) is 11.4 Å². The molecule has 0 atom stereocenters. The van der Waals surface area contributed by atoms with Gasteiger partial charge in [0.1, 0.15) is 11.8 Å². The van der Waals surface area contributed by atoms with Gasteiger partial charge in [0, 0.05) is 10.4 Å². The first kappa shape index (κ1) is 9.98. The van der Waals surface area contributed by atoms with E-state index in [1.54, 1.807) is 0 Å². The molecule has 78 valence electrons. The maximum atomic E-state index is 13.3. The normalized spacial score (nSPS) is 10.6. The lowest BCUT2D eigenvalue weighted by Crippen LogP contribution is -1.99. The molecule has 0 aliphatic rings. The van der Waals surface area contributed by atoms with Crippen molar-refractivity contribution in [2.24, 2.45) is 0 Å². The van der Waals surface area contributed by atoms with E-state index in [4.69, 9.17) is 16.0 Å². The van der Waals surface area contributed by atoms with Gasteiger partial charge in [-0.2, -0.15) is 0 Å². The van der Waals surface area contributed by atoms with Crippen LogP contribution in [0.4, 0.5) is 4.39 Å². The number of halogens is 2. The molecule has 0 radical (unpaired) electrons. The Morgan fingerprint density at radius 1 is 1.53 bits per heavy atom. The Morgan fingerprint density at radius 2 is 2.27 bits per heavy atom. The van der Waals surface area contributed by atoms with Crippen LogP contribution in [0.25, 0.3) is 11.0 Å². The highest BCUT2D eigenvalue weighted by Crippen LogP contribution is 2.27. The van der Waals surface area contributed by atoms with Crippen LogP contribution in [0.2, 0.25) is 5.02 Å². The summed E-state index contributed by atoms with van der Waals surface area (Å²) < 4.78 is 22.7. The second-order valence-corrected chi connectivity index (χ2v) is 3.34. The lowest BCUT2D eigenvalue weighted by Gasteiger charge is -1.96.